The monoisotopic (exact) mass is 311 g/mol. The van der Waals surface area contributed by atoms with Crippen LogP contribution in [0, 0.1) is 13.8 Å². The predicted octanol–water partition coefficient (Wildman–Crippen LogP) is 3.40. The van der Waals surface area contributed by atoms with E-state index in [1.807, 2.05) is 44.2 Å². The number of rotatable bonds is 2. The zero-order valence-electron chi connectivity index (χ0n) is 13.7. The van der Waals surface area contributed by atoms with Gasteiger partial charge < -0.3 is 14.7 Å². The molecule has 120 valence electrons. The molecule has 0 fully saturated rings. The van der Waals surface area contributed by atoms with E-state index in [1.54, 1.807) is 18.1 Å². The largest absolute Gasteiger partial charge is 0.497 e. The second-order valence-corrected chi connectivity index (χ2v) is 5.99. The van der Waals surface area contributed by atoms with Crippen LogP contribution in [0.15, 0.2) is 36.4 Å². The number of carbonyl (C=O) groups excluding carboxylic acids is 1. The number of hydrogen-bond acceptors (Lipinski definition) is 3. The molecule has 0 aliphatic carbocycles. The van der Waals surface area contributed by atoms with E-state index >= 15 is 0 Å². The molecule has 0 saturated heterocycles. The summed E-state index contributed by atoms with van der Waals surface area (Å²) in [6.45, 7) is 4.54. The minimum Gasteiger partial charge on any atom is -0.497 e. The van der Waals surface area contributed by atoms with Crippen molar-refractivity contribution in [2.24, 2.45) is 0 Å². The highest BCUT2D eigenvalue weighted by atomic mass is 16.5. The Morgan fingerprint density at radius 2 is 1.96 bits per heavy atom. The molecule has 0 saturated carbocycles. The zero-order valence-corrected chi connectivity index (χ0v) is 13.7. The topological polar surface area (TPSA) is 49.8 Å². The standard InChI is InChI=1S/C19H21NO3/c1-12-4-5-14(10-13(12)2)19(22)20-9-8-18(21)16-11-15(23-3)6-7-17(16)20/h4-7,10-11,18,21H,8-9H2,1-3H3. The first-order valence-corrected chi connectivity index (χ1v) is 7.76. The van der Waals surface area contributed by atoms with Crippen molar-refractivity contribution < 1.29 is 14.6 Å². The summed E-state index contributed by atoms with van der Waals surface area (Å²) in [5.74, 6) is 0.648. The van der Waals surface area contributed by atoms with Crippen molar-refractivity contribution >= 4 is 11.6 Å². The molecule has 1 heterocycles. The van der Waals surface area contributed by atoms with Gasteiger partial charge in [0.25, 0.3) is 5.91 Å². The first-order valence-electron chi connectivity index (χ1n) is 7.76. The van der Waals surface area contributed by atoms with Gasteiger partial charge in [-0.1, -0.05) is 6.07 Å². The highest BCUT2D eigenvalue weighted by molar-refractivity contribution is 6.07. The second-order valence-electron chi connectivity index (χ2n) is 5.99. The van der Waals surface area contributed by atoms with Crippen molar-refractivity contribution in [2.75, 3.05) is 18.6 Å². The number of nitrogens with zero attached hydrogens (tertiary/aromatic N) is 1. The van der Waals surface area contributed by atoms with Gasteiger partial charge in [-0.3, -0.25) is 4.79 Å². The van der Waals surface area contributed by atoms with E-state index in [0.717, 1.165) is 16.8 Å². The van der Waals surface area contributed by atoms with E-state index in [2.05, 4.69) is 0 Å². The Hall–Kier alpha value is -2.33. The lowest BCUT2D eigenvalue weighted by molar-refractivity contribution is 0.0970. The van der Waals surface area contributed by atoms with Crippen LogP contribution in [0.3, 0.4) is 0 Å². The Labute approximate surface area is 136 Å². The summed E-state index contributed by atoms with van der Waals surface area (Å²) in [6, 6.07) is 11.2. The van der Waals surface area contributed by atoms with Gasteiger partial charge in [0, 0.05) is 17.7 Å². The lowest BCUT2D eigenvalue weighted by atomic mass is 9.97. The molecule has 3 rings (SSSR count). The number of aliphatic hydroxyl groups excluding tert-OH is 1. The van der Waals surface area contributed by atoms with E-state index in [4.69, 9.17) is 4.74 Å². The fraction of sp³-hybridized carbons (Fsp3) is 0.316. The van der Waals surface area contributed by atoms with Gasteiger partial charge in [0.1, 0.15) is 5.75 Å². The summed E-state index contributed by atoms with van der Waals surface area (Å²) >= 11 is 0. The summed E-state index contributed by atoms with van der Waals surface area (Å²) in [6.07, 6.45) is -0.0413. The van der Waals surface area contributed by atoms with Crippen molar-refractivity contribution in [2.45, 2.75) is 26.4 Å². The maximum absolute atomic E-state index is 12.9. The minimum atomic E-state index is -0.566. The van der Waals surface area contributed by atoms with E-state index in [0.29, 0.717) is 24.3 Å². The summed E-state index contributed by atoms with van der Waals surface area (Å²) < 4.78 is 5.22. The van der Waals surface area contributed by atoms with Crippen LogP contribution in [0.25, 0.3) is 0 Å². The molecule has 1 amide bonds. The van der Waals surface area contributed by atoms with Gasteiger partial charge in [0.05, 0.1) is 18.9 Å². The number of amides is 1. The number of aryl methyl sites for hydroxylation is 2. The van der Waals surface area contributed by atoms with Crippen LogP contribution in [-0.4, -0.2) is 24.7 Å². The molecule has 0 radical (unpaired) electrons. The Morgan fingerprint density at radius 1 is 1.17 bits per heavy atom. The van der Waals surface area contributed by atoms with E-state index in [9.17, 15) is 9.90 Å². The molecule has 1 aliphatic rings. The number of ether oxygens (including phenoxy) is 1. The Balaban J connectivity index is 1.99. The van der Waals surface area contributed by atoms with Crippen molar-refractivity contribution in [3.63, 3.8) is 0 Å². The summed E-state index contributed by atoms with van der Waals surface area (Å²) in [4.78, 5) is 14.6. The zero-order chi connectivity index (χ0) is 16.6. The summed E-state index contributed by atoms with van der Waals surface area (Å²) in [7, 11) is 1.59. The first-order chi connectivity index (χ1) is 11.0. The Morgan fingerprint density at radius 3 is 2.65 bits per heavy atom. The molecule has 23 heavy (non-hydrogen) atoms. The van der Waals surface area contributed by atoms with Crippen molar-refractivity contribution in [1.82, 2.24) is 0 Å². The Kier molecular flexibility index (Phi) is 4.09. The van der Waals surface area contributed by atoms with Gasteiger partial charge in [0.2, 0.25) is 0 Å². The van der Waals surface area contributed by atoms with E-state index in [1.165, 1.54) is 5.56 Å². The van der Waals surface area contributed by atoms with E-state index in [-0.39, 0.29) is 5.91 Å². The van der Waals surface area contributed by atoms with Crippen molar-refractivity contribution in [3.8, 4) is 5.75 Å². The maximum atomic E-state index is 12.9. The SMILES string of the molecule is COc1ccc2c(c1)C(O)CCN2C(=O)c1ccc(C)c(C)c1. The van der Waals surface area contributed by atoms with Gasteiger partial charge in [-0.25, -0.2) is 0 Å². The fourth-order valence-electron chi connectivity index (χ4n) is 2.94. The summed E-state index contributed by atoms with van der Waals surface area (Å²) in [5, 5.41) is 10.2. The third-order valence-corrected chi connectivity index (χ3v) is 4.51. The molecule has 1 aliphatic heterocycles. The average molecular weight is 311 g/mol. The first kappa shape index (κ1) is 15.6. The van der Waals surface area contributed by atoms with Gasteiger partial charge >= 0.3 is 0 Å². The predicted molar refractivity (Wildman–Crippen MR) is 90.2 cm³/mol. The minimum absolute atomic E-state index is 0.0357. The Bertz CT molecular complexity index is 754. The average Bonchev–Trinajstić information content (AvgIpc) is 2.57. The molecule has 1 N–H and O–H groups in total. The molecular weight excluding hydrogens is 290 g/mol. The number of carbonyl (C=O) groups is 1. The number of fused-ring (bicyclic) bond motifs is 1. The van der Waals surface area contributed by atoms with Crippen LogP contribution in [0.2, 0.25) is 0 Å². The third kappa shape index (κ3) is 2.82. The summed E-state index contributed by atoms with van der Waals surface area (Å²) in [5.41, 5.74) is 4.44. The highest BCUT2D eigenvalue weighted by Gasteiger charge is 2.28. The molecule has 4 heteroatoms. The van der Waals surface area contributed by atoms with Crippen LogP contribution in [0.4, 0.5) is 5.69 Å². The lowest BCUT2D eigenvalue weighted by Crippen LogP contribution is -2.36. The number of benzene rings is 2. The fourth-order valence-corrected chi connectivity index (χ4v) is 2.94. The number of anilines is 1. The van der Waals surface area contributed by atoms with Gasteiger partial charge in [-0.2, -0.15) is 0 Å². The van der Waals surface area contributed by atoms with Crippen molar-refractivity contribution in [3.05, 3.63) is 58.7 Å². The van der Waals surface area contributed by atoms with Crippen LogP contribution < -0.4 is 9.64 Å². The van der Waals surface area contributed by atoms with Gasteiger partial charge in [-0.15, -0.1) is 0 Å². The lowest BCUT2D eigenvalue weighted by Gasteiger charge is -2.32. The number of hydrogen-bond donors (Lipinski definition) is 1. The quantitative estimate of drug-likeness (QED) is 0.925. The highest BCUT2D eigenvalue weighted by Crippen LogP contribution is 2.37. The van der Waals surface area contributed by atoms with Crippen LogP contribution >= 0.6 is 0 Å². The molecule has 0 bridgehead atoms. The molecule has 2 aromatic carbocycles. The maximum Gasteiger partial charge on any atom is 0.258 e. The smallest absolute Gasteiger partial charge is 0.258 e. The second kappa shape index (κ2) is 6.05. The van der Waals surface area contributed by atoms with Crippen LogP contribution in [-0.2, 0) is 0 Å². The molecule has 1 atom stereocenters. The van der Waals surface area contributed by atoms with Gasteiger partial charge in [-0.05, 0) is 61.7 Å². The number of aliphatic hydroxyl groups is 1. The van der Waals surface area contributed by atoms with Crippen LogP contribution in [0.1, 0.15) is 39.6 Å². The van der Waals surface area contributed by atoms with E-state index < -0.39 is 6.10 Å². The molecule has 2 aromatic rings. The van der Waals surface area contributed by atoms with Crippen LogP contribution in [0.5, 0.6) is 5.75 Å². The molecule has 4 nitrogen and oxygen atoms in total. The number of methoxy groups -OCH3 is 1. The normalized spacial score (nSPS) is 16.9. The molecule has 0 aromatic heterocycles. The van der Waals surface area contributed by atoms with Gasteiger partial charge in [0.15, 0.2) is 0 Å². The molecule has 1 unspecified atom stereocenters. The molecule has 0 spiro atoms. The molecular formula is C19H21NO3. The van der Waals surface area contributed by atoms with Crippen molar-refractivity contribution in [1.29, 1.82) is 0 Å². The third-order valence-electron chi connectivity index (χ3n) is 4.51.